The minimum atomic E-state index is 0.340. The third-order valence-electron chi connectivity index (χ3n) is 2.07. The molecule has 0 bridgehead atoms. The van der Waals surface area contributed by atoms with Crippen molar-refractivity contribution in [1.82, 2.24) is 9.36 Å². The zero-order chi connectivity index (χ0) is 10.8. The lowest BCUT2D eigenvalue weighted by Gasteiger charge is -2.11. The molecule has 2 N–H and O–H groups in total. The van der Waals surface area contributed by atoms with Crippen molar-refractivity contribution in [3.8, 4) is 10.6 Å². The summed E-state index contributed by atoms with van der Waals surface area (Å²) in [7, 11) is 4.02. The standard InChI is InChI=1S/C10H12N4S/c1-14(2)8-5-3-7(4-6-8)9-12-10(11)13-15-9/h3-6H,1-2H3,(H2,11,13). The van der Waals surface area contributed by atoms with Crippen LogP contribution in [0.15, 0.2) is 24.3 Å². The van der Waals surface area contributed by atoms with Gasteiger partial charge in [-0.25, -0.2) is 0 Å². The summed E-state index contributed by atoms with van der Waals surface area (Å²) >= 11 is 1.32. The van der Waals surface area contributed by atoms with E-state index in [1.165, 1.54) is 11.5 Å². The third-order valence-corrected chi connectivity index (χ3v) is 2.85. The fraction of sp³-hybridized carbons (Fsp3) is 0.200. The van der Waals surface area contributed by atoms with E-state index in [1.807, 2.05) is 38.4 Å². The van der Waals surface area contributed by atoms with E-state index in [0.717, 1.165) is 16.3 Å². The first-order valence-electron chi connectivity index (χ1n) is 4.54. The molecule has 2 aromatic rings. The van der Waals surface area contributed by atoms with E-state index >= 15 is 0 Å². The summed E-state index contributed by atoms with van der Waals surface area (Å²) in [5.41, 5.74) is 7.69. The van der Waals surface area contributed by atoms with Crippen LogP contribution in [0, 0.1) is 0 Å². The number of nitrogen functional groups attached to an aromatic ring is 1. The first-order chi connectivity index (χ1) is 7.16. The van der Waals surface area contributed by atoms with Gasteiger partial charge in [0.05, 0.1) is 0 Å². The Labute approximate surface area is 92.5 Å². The maximum Gasteiger partial charge on any atom is 0.232 e. The Morgan fingerprint density at radius 2 is 1.87 bits per heavy atom. The van der Waals surface area contributed by atoms with Crippen molar-refractivity contribution in [1.29, 1.82) is 0 Å². The van der Waals surface area contributed by atoms with Gasteiger partial charge in [0.1, 0.15) is 5.01 Å². The molecule has 0 aliphatic rings. The smallest absolute Gasteiger partial charge is 0.232 e. The fourth-order valence-electron chi connectivity index (χ4n) is 1.25. The Morgan fingerprint density at radius 3 is 2.33 bits per heavy atom. The van der Waals surface area contributed by atoms with Crippen molar-refractivity contribution in [3.63, 3.8) is 0 Å². The predicted molar refractivity (Wildman–Crippen MR) is 64.1 cm³/mol. The van der Waals surface area contributed by atoms with Crippen molar-refractivity contribution in [2.45, 2.75) is 0 Å². The molecule has 0 saturated carbocycles. The molecule has 0 amide bonds. The van der Waals surface area contributed by atoms with Gasteiger partial charge in [-0.1, -0.05) is 0 Å². The number of rotatable bonds is 2. The lowest BCUT2D eigenvalue weighted by Crippen LogP contribution is -2.07. The van der Waals surface area contributed by atoms with Gasteiger partial charge < -0.3 is 10.6 Å². The lowest BCUT2D eigenvalue weighted by atomic mass is 10.2. The summed E-state index contributed by atoms with van der Waals surface area (Å²) < 4.78 is 3.95. The molecular formula is C10H12N4S. The molecule has 78 valence electrons. The van der Waals surface area contributed by atoms with Crippen LogP contribution >= 0.6 is 11.5 Å². The van der Waals surface area contributed by atoms with E-state index in [4.69, 9.17) is 5.73 Å². The van der Waals surface area contributed by atoms with Gasteiger partial charge in [0.2, 0.25) is 5.95 Å². The van der Waals surface area contributed by atoms with Crippen molar-refractivity contribution in [2.75, 3.05) is 24.7 Å². The molecule has 15 heavy (non-hydrogen) atoms. The number of aromatic nitrogens is 2. The summed E-state index contributed by atoms with van der Waals surface area (Å²) in [5, 5.41) is 0.859. The molecule has 5 heteroatoms. The minimum Gasteiger partial charge on any atom is -0.378 e. The zero-order valence-corrected chi connectivity index (χ0v) is 9.45. The molecule has 0 unspecified atom stereocenters. The average Bonchev–Trinajstić information content (AvgIpc) is 2.65. The number of nitrogens with zero attached hydrogens (tertiary/aromatic N) is 3. The van der Waals surface area contributed by atoms with Gasteiger partial charge in [-0.2, -0.15) is 9.36 Å². The normalized spacial score (nSPS) is 10.3. The van der Waals surface area contributed by atoms with Gasteiger partial charge in [0.15, 0.2) is 0 Å². The van der Waals surface area contributed by atoms with E-state index < -0.39 is 0 Å². The SMILES string of the molecule is CN(C)c1ccc(-c2nc(N)ns2)cc1. The van der Waals surface area contributed by atoms with Gasteiger partial charge >= 0.3 is 0 Å². The van der Waals surface area contributed by atoms with Crippen molar-refractivity contribution in [2.24, 2.45) is 0 Å². The van der Waals surface area contributed by atoms with Crippen LogP contribution in [0.5, 0.6) is 0 Å². The Hall–Kier alpha value is -1.62. The molecule has 0 aliphatic carbocycles. The highest BCUT2D eigenvalue weighted by Crippen LogP contribution is 2.24. The number of nitrogens with two attached hydrogens (primary N) is 1. The molecule has 0 fully saturated rings. The Kier molecular flexibility index (Phi) is 2.55. The average molecular weight is 220 g/mol. The van der Waals surface area contributed by atoms with Crippen LogP contribution in [0.1, 0.15) is 0 Å². The lowest BCUT2D eigenvalue weighted by molar-refractivity contribution is 1.13. The molecule has 4 nitrogen and oxygen atoms in total. The van der Waals surface area contributed by atoms with Crippen LogP contribution in [0.4, 0.5) is 11.6 Å². The molecule has 0 aliphatic heterocycles. The van der Waals surface area contributed by atoms with Crippen LogP contribution in [0.25, 0.3) is 10.6 Å². The second-order valence-electron chi connectivity index (χ2n) is 3.40. The number of anilines is 2. The molecule has 1 aromatic heterocycles. The second-order valence-corrected chi connectivity index (χ2v) is 4.15. The van der Waals surface area contributed by atoms with E-state index in [2.05, 4.69) is 14.3 Å². The maximum absolute atomic E-state index is 5.47. The van der Waals surface area contributed by atoms with Gasteiger partial charge in [-0.05, 0) is 35.8 Å². The number of hydrogen-bond donors (Lipinski definition) is 1. The summed E-state index contributed by atoms with van der Waals surface area (Å²) in [4.78, 5) is 6.18. The van der Waals surface area contributed by atoms with Crippen molar-refractivity contribution in [3.05, 3.63) is 24.3 Å². The number of benzene rings is 1. The van der Waals surface area contributed by atoms with Crippen LogP contribution in [0.2, 0.25) is 0 Å². The predicted octanol–water partition coefficient (Wildman–Crippen LogP) is 1.85. The summed E-state index contributed by atoms with van der Waals surface area (Å²) in [6.07, 6.45) is 0. The molecule has 2 rings (SSSR count). The van der Waals surface area contributed by atoms with Gasteiger partial charge in [0.25, 0.3) is 0 Å². The summed E-state index contributed by atoms with van der Waals surface area (Å²) in [6, 6.07) is 8.14. The van der Waals surface area contributed by atoms with Gasteiger partial charge in [-0.15, -0.1) is 0 Å². The zero-order valence-electron chi connectivity index (χ0n) is 8.64. The number of hydrogen-bond acceptors (Lipinski definition) is 5. The van der Waals surface area contributed by atoms with Crippen LogP contribution < -0.4 is 10.6 Å². The quantitative estimate of drug-likeness (QED) is 0.839. The van der Waals surface area contributed by atoms with E-state index in [9.17, 15) is 0 Å². The van der Waals surface area contributed by atoms with Gasteiger partial charge in [-0.3, -0.25) is 0 Å². The molecule has 0 radical (unpaired) electrons. The molecule has 0 saturated heterocycles. The summed E-state index contributed by atoms with van der Waals surface area (Å²) in [5.74, 6) is 0.340. The Morgan fingerprint density at radius 1 is 1.20 bits per heavy atom. The van der Waals surface area contributed by atoms with Gasteiger partial charge in [0, 0.05) is 25.3 Å². The fourth-order valence-corrected chi connectivity index (χ4v) is 1.85. The summed E-state index contributed by atoms with van der Waals surface area (Å²) in [6.45, 7) is 0. The van der Waals surface area contributed by atoms with E-state index in [0.29, 0.717) is 5.95 Å². The highest BCUT2D eigenvalue weighted by atomic mass is 32.1. The Balaban J connectivity index is 2.31. The van der Waals surface area contributed by atoms with E-state index in [1.54, 1.807) is 0 Å². The van der Waals surface area contributed by atoms with Crippen molar-refractivity contribution < 1.29 is 0 Å². The third kappa shape index (κ3) is 2.07. The monoisotopic (exact) mass is 220 g/mol. The molecule has 1 heterocycles. The van der Waals surface area contributed by atoms with Crippen LogP contribution in [0.3, 0.4) is 0 Å². The molecule has 0 atom stereocenters. The highest BCUT2D eigenvalue weighted by Gasteiger charge is 2.04. The van der Waals surface area contributed by atoms with E-state index in [-0.39, 0.29) is 0 Å². The Bertz CT molecular complexity index is 447. The first-order valence-corrected chi connectivity index (χ1v) is 5.31. The van der Waals surface area contributed by atoms with Crippen LogP contribution in [-0.2, 0) is 0 Å². The van der Waals surface area contributed by atoms with Crippen LogP contribution in [-0.4, -0.2) is 23.5 Å². The maximum atomic E-state index is 5.47. The molecular weight excluding hydrogens is 208 g/mol. The molecule has 0 spiro atoms. The minimum absolute atomic E-state index is 0.340. The molecule has 1 aromatic carbocycles. The van der Waals surface area contributed by atoms with Crippen molar-refractivity contribution >= 4 is 23.2 Å². The second kappa shape index (κ2) is 3.86. The highest BCUT2D eigenvalue weighted by molar-refractivity contribution is 7.09. The topological polar surface area (TPSA) is 55.0 Å². The first kappa shape index (κ1) is 9.92. The largest absolute Gasteiger partial charge is 0.378 e.